The summed E-state index contributed by atoms with van der Waals surface area (Å²) < 4.78 is 0.752. The van der Waals surface area contributed by atoms with E-state index >= 15 is 0 Å². The van der Waals surface area contributed by atoms with Gasteiger partial charge in [0.25, 0.3) is 0 Å². The Morgan fingerprint density at radius 3 is 2.19 bits per heavy atom. The molecular formula is C16H23BrClNO2. The maximum Gasteiger partial charge on any atom is 0.329 e. The second kappa shape index (κ2) is 7.50. The van der Waals surface area contributed by atoms with Gasteiger partial charge in [-0.25, -0.2) is 4.79 Å². The van der Waals surface area contributed by atoms with Crippen molar-refractivity contribution < 1.29 is 9.90 Å². The summed E-state index contributed by atoms with van der Waals surface area (Å²) in [6, 6.07) is 5.39. The lowest BCUT2D eigenvalue weighted by atomic mass is 9.81. The maximum absolute atomic E-state index is 11.9. The average molecular weight is 377 g/mol. The Balaban J connectivity index is 3.15. The van der Waals surface area contributed by atoms with Crippen molar-refractivity contribution in [3.63, 3.8) is 0 Å². The van der Waals surface area contributed by atoms with Crippen LogP contribution in [0.15, 0.2) is 22.7 Å². The quantitative estimate of drug-likeness (QED) is 0.667. The number of rotatable bonds is 7. The van der Waals surface area contributed by atoms with Crippen LogP contribution in [0.3, 0.4) is 0 Å². The Labute approximate surface area is 140 Å². The monoisotopic (exact) mass is 375 g/mol. The highest BCUT2D eigenvalue weighted by molar-refractivity contribution is 9.10. The first-order valence-corrected chi connectivity index (χ1v) is 8.30. The van der Waals surface area contributed by atoms with Gasteiger partial charge in [0.1, 0.15) is 5.54 Å². The summed E-state index contributed by atoms with van der Waals surface area (Å²) in [4.78, 5) is 11.9. The first-order valence-electron chi connectivity index (χ1n) is 7.13. The molecule has 0 aromatic heterocycles. The van der Waals surface area contributed by atoms with Crippen LogP contribution in [0.5, 0.6) is 0 Å². The minimum atomic E-state index is -0.963. The van der Waals surface area contributed by atoms with E-state index in [1.54, 1.807) is 6.07 Å². The molecule has 0 amide bonds. The predicted molar refractivity (Wildman–Crippen MR) is 92.1 cm³/mol. The molecule has 2 N–H and O–H groups in total. The van der Waals surface area contributed by atoms with Crippen LogP contribution in [0.1, 0.15) is 40.5 Å². The summed E-state index contributed by atoms with van der Waals surface area (Å²) in [5.41, 5.74) is -0.203. The van der Waals surface area contributed by atoms with Crippen LogP contribution in [0.2, 0.25) is 5.02 Å². The molecule has 5 heteroatoms. The van der Waals surface area contributed by atoms with Gasteiger partial charge in [0.2, 0.25) is 0 Å². The first-order chi connectivity index (χ1) is 9.66. The van der Waals surface area contributed by atoms with E-state index in [0.29, 0.717) is 17.9 Å². The third-order valence-corrected chi connectivity index (χ3v) is 4.44. The van der Waals surface area contributed by atoms with E-state index in [2.05, 4.69) is 21.2 Å². The molecular weight excluding hydrogens is 354 g/mol. The minimum Gasteiger partial charge on any atom is -0.480 e. The Bertz CT molecular complexity index is 493. The molecule has 1 aromatic carbocycles. The molecule has 1 rings (SSSR count). The lowest BCUT2D eigenvalue weighted by molar-refractivity contribution is -0.143. The molecule has 0 unspecified atom stereocenters. The van der Waals surface area contributed by atoms with Crippen molar-refractivity contribution >= 4 is 39.2 Å². The second-order valence-electron chi connectivity index (χ2n) is 6.34. The number of benzene rings is 1. The molecule has 1 aromatic rings. The van der Waals surface area contributed by atoms with Gasteiger partial charge >= 0.3 is 5.97 Å². The molecule has 0 aliphatic rings. The van der Waals surface area contributed by atoms with E-state index in [-0.39, 0.29) is 11.8 Å². The van der Waals surface area contributed by atoms with Crippen LogP contribution < -0.4 is 5.32 Å². The Hall–Kier alpha value is -0.740. The van der Waals surface area contributed by atoms with Crippen LogP contribution >= 0.6 is 27.5 Å². The number of carboxylic acid groups (broad SMARTS) is 1. The molecule has 0 saturated carbocycles. The second-order valence-corrected chi connectivity index (χ2v) is 7.60. The molecule has 0 spiro atoms. The molecule has 0 aliphatic carbocycles. The summed E-state index contributed by atoms with van der Waals surface area (Å²) in [6.45, 7) is 8.16. The molecule has 0 atom stereocenters. The molecule has 0 heterocycles. The number of aliphatic carboxylic acids is 1. The fourth-order valence-electron chi connectivity index (χ4n) is 2.66. The predicted octanol–water partition coefficient (Wildman–Crippen LogP) is 5.43. The largest absolute Gasteiger partial charge is 0.480 e. The van der Waals surface area contributed by atoms with Crippen LogP contribution in [0, 0.1) is 11.8 Å². The highest BCUT2D eigenvalue weighted by atomic mass is 79.9. The standard InChI is InChI=1S/C16H23BrClNO2/c1-10(2)8-16(15(20)21,9-11(3)4)19-12-5-6-14(18)13(17)7-12/h5-7,10-11,19H,8-9H2,1-4H3,(H,20,21). The minimum absolute atomic E-state index is 0.281. The van der Waals surface area contributed by atoms with Gasteiger partial charge in [-0.1, -0.05) is 39.3 Å². The summed E-state index contributed by atoms with van der Waals surface area (Å²) in [7, 11) is 0. The summed E-state index contributed by atoms with van der Waals surface area (Å²) in [5, 5.41) is 13.6. The average Bonchev–Trinajstić information content (AvgIpc) is 2.31. The van der Waals surface area contributed by atoms with Gasteiger partial charge < -0.3 is 10.4 Å². The van der Waals surface area contributed by atoms with Crippen LogP contribution in [0.25, 0.3) is 0 Å². The smallest absolute Gasteiger partial charge is 0.329 e. The molecule has 0 fully saturated rings. The topological polar surface area (TPSA) is 49.3 Å². The van der Waals surface area contributed by atoms with Crippen LogP contribution in [0.4, 0.5) is 5.69 Å². The Morgan fingerprint density at radius 2 is 1.81 bits per heavy atom. The number of hydrogen-bond donors (Lipinski definition) is 2. The van der Waals surface area contributed by atoms with Crippen LogP contribution in [-0.4, -0.2) is 16.6 Å². The number of halogens is 2. The van der Waals surface area contributed by atoms with Crippen molar-refractivity contribution in [3.8, 4) is 0 Å². The van der Waals surface area contributed by atoms with Gasteiger partial charge in [-0.3, -0.25) is 0 Å². The lowest BCUT2D eigenvalue weighted by Gasteiger charge is -2.34. The van der Waals surface area contributed by atoms with Gasteiger partial charge in [-0.15, -0.1) is 0 Å². The SMILES string of the molecule is CC(C)CC(CC(C)C)(Nc1ccc(Cl)c(Br)c1)C(=O)O. The molecule has 118 valence electrons. The van der Waals surface area contributed by atoms with E-state index in [1.165, 1.54) is 0 Å². The van der Waals surface area contributed by atoms with E-state index in [0.717, 1.165) is 10.2 Å². The highest BCUT2D eigenvalue weighted by Crippen LogP contribution is 2.32. The number of anilines is 1. The summed E-state index contributed by atoms with van der Waals surface area (Å²) in [6.07, 6.45) is 1.14. The summed E-state index contributed by atoms with van der Waals surface area (Å²) in [5.74, 6) is -0.248. The lowest BCUT2D eigenvalue weighted by Crippen LogP contribution is -2.48. The van der Waals surface area contributed by atoms with Gasteiger partial charge in [0, 0.05) is 10.2 Å². The Morgan fingerprint density at radius 1 is 1.29 bits per heavy atom. The molecule has 21 heavy (non-hydrogen) atoms. The molecule has 0 bridgehead atoms. The van der Waals surface area contributed by atoms with Crippen molar-refractivity contribution in [1.82, 2.24) is 0 Å². The number of nitrogens with one attached hydrogen (secondary N) is 1. The fourth-order valence-corrected chi connectivity index (χ4v) is 3.15. The maximum atomic E-state index is 11.9. The van der Waals surface area contributed by atoms with E-state index in [9.17, 15) is 9.90 Å². The number of carboxylic acids is 1. The van der Waals surface area contributed by atoms with E-state index < -0.39 is 11.5 Å². The van der Waals surface area contributed by atoms with Gasteiger partial charge in [0.05, 0.1) is 5.02 Å². The molecule has 0 saturated heterocycles. The summed E-state index contributed by atoms with van der Waals surface area (Å²) >= 11 is 9.37. The third kappa shape index (κ3) is 5.19. The zero-order valence-electron chi connectivity index (χ0n) is 12.9. The highest BCUT2D eigenvalue weighted by Gasteiger charge is 2.39. The number of carbonyl (C=O) groups is 1. The van der Waals surface area contributed by atoms with Crippen molar-refractivity contribution in [1.29, 1.82) is 0 Å². The van der Waals surface area contributed by atoms with Crippen LogP contribution in [-0.2, 0) is 4.79 Å². The van der Waals surface area contributed by atoms with Crippen molar-refractivity contribution in [2.45, 2.75) is 46.1 Å². The van der Waals surface area contributed by atoms with Gasteiger partial charge in [-0.2, -0.15) is 0 Å². The molecule has 0 aliphatic heterocycles. The zero-order valence-corrected chi connectivity index (χ0v) is 15.3. The Kier molecular flexibility index (Phi) is 6.54. The normalized spacial score (nSPS) is 12.0. The van der Waals surface area contributed by atoms with Crippen molar-refractivity contribution in [2.24, 2.45) is 11.8 Å². The first kappa shape index (κ1) is 18.3. The van der Waals surface area contributed by atoms with Gasteiger partial charge in [-0.05, 0) is 58.8 Å². The zero-order chi connectivity index (χ0) is 16.2. The number of hydrogen-bond acceptors (Lipinski definition) is 2. The van der Waals surface area contributed by atoms with E-state index in [1.807, 2.05) is 39.8 Å². The molecule has 3 nitrogen and oxygen atoms in total. The van der Waals surface area contributed by atoms with Gasteiger partial charge in [0.15, 0.2) is 0 Å². The van der Waals surface area contributed by atoms with Crippen molar-refractivity contribution in [2.75, 3.05) is 5.32 Å². The van der Waals surface area contributed by atoms with E-state index in [4.69, 9.17) is 11.6 Å². The van der Waals surface area contributed by atoms with Crippen molar-refractivity contribution in [3.05, 3.63) is 27.7 Å². The fraction of sp³-hybridized carbons (Fsp3) is 0.562. The third-order valence-electron chi connectivity index (χ3n) is 3.23. The molecule has 0 radical (unpaired) electrons.